The minimum absolute atomic E-state index is 0.176. The van der Waals surface area contributed by atoms with Crippen LogP contribution in [0.2, 0.25) is 0 Å². The molecule has 0 saturated heterocycles. The van der Waals surface area contributed by atoms with E-state index in [1.807, 2.05) is 54.7 Å². The zero-order valence-electron chi connectivity index (χ0n) is 14.1. The Morgan fingerprint density at radius 3 is 2.38 bits per heavy atom. The molecule has 0 fully saturated rings. The standard InChI is InChI=1S/C20H22N4/c1-15(2)13-19(17-9-6-12-21-14-17)22-20-11-10-18(23-24-20)16-7-4-3-5-8-16/h3-12,14-15,19H,13H2,1-2H3,(H,22,24). The molecule has 0 aliphatic rings. The lowest BCUT2D eigenvalue weighted by Gasteiger charge is -2.21. The Labute approximate surface area is 143 Å². The van der Waals surface area contributed by atoms with Crippen LogP contribution in [-0.2, 0) is 0 Å². The lowest BCUT2D eigenvalue weighted by molar-refractivity contribution is 0.528. The SMILES string of the molecule is CC(C)CC(Nc1ccc(-c2ccccc2)nn1)c1cccnc1. The highest BCUT2D eigenvalue weighted by molar-refractivity contribution is 5.59. The van der Waals surface area contributed by atoms with Gasteiger partial charge in [0.15, 0.2) is 0 Å². The van der Waals surface area contributed by atoms with E-state index in [4.69, 9.17) is 0 Å². The Kier molecular flexibility index (Phi) is 5.16. The average molecular weight is 318 g/mol. The number of nitrogens with zero attached hydrogens (tertiary/aromatic N) is 3. The molecule has 122 valence electrons. The Morgan fingerprint density at radius 2 is 1.75 bits per heavy atom. The molecular weight excluding hydrogens is 296 g/mol. The molecule has 3 aromatic rings. The summed E-state index contributed by atoms with van der Waals surface area (Å²) in [5, 5.41) is 12.2. The third kappa shape index (κ3) is 4.16. The predicted octanol–water partition coefficient (Wildman–Crippen LogP) is 4.74. The van der Waals surface area contributed by atoms with Crippen LogP contribution in [0.25, 0.3) is 11.3 Å². The smallest absolute Gasteiger partial charge is 0.149 e. The van der Waals surface area contributed by atoms with Crippen molar-refractivity contribution >= 4 is 5.82 Å². The van der Waals surface area contributed by atoms with Gasteiger partial charge in [-0.2, -0.15) is 0 Å². The molecule has 3 rings (SSSR count). The summed E-state index contributed by atoms with van der Waals surface area (Å²) < 4.78 is 0. The number of aromatic nitrogens is 3. The molecule has 1 aromatic carbocycles. The summed E-state index contributed by atoms with van der Waals surface area (Å²) in [4.78, 5) is 4.23. The maximum atomic E-state index is 4.35. The molecule has 1 unspecified atom stereocenters. The van der Waals surface area contributed by atoms with Gasteiger partial charge >= 0.3 is 0 Å². The van der Waals surface area contributed by atoms with Crippen molar-refractivity contribution in [2.45, 2.75) is 26.3 Å². The average Bonchev–Trinajstić information content (AvgIpc) is 2.63. The van der Waals surface area contributed by atoms with E-state index < -0.39 is 0 Å². The number of anilines is 1. The maximum absolute atomic E-state index is 4.35. The van der Waals surface area contributed by atoms with Crippen molar-refractivity contribution in [2.75, 3.05) is 5.32 Å². The first-order valence-electron chi connectivity index (χ1n) is 8.28. The zero-order valence-corrected chi connectivity index (χ0v) is 14.1. The summed E-state index contributed by atoms with van der Waals surface area (Å²) in [5.41, 5.74) is 3.12. The monoisotopic (exact) mass is 318 g/mol. The predicted molar refractivity (Wildman–Crippen MR) is 97.5 cm³/mol. The van der Waals surface area contributed by atoms with E-state index in [1.54, 1.807) is 6.20 Å². The van der Waals surface area contributed by atoms with Crippen LogP contribution in [0.4, 0.5) is 5.82 Å². The van der Waals surface area contributed by atoms with Crippen LogP contribution in [0.15, 0.2) is 67.0 Å². The molecule has 2 heterocycles. The van der Waals surface area contributed by atoms with E-state index in [2.05, 4.69) is 40.4 Å². The number of benzene rings is 1. The number of nitrogens with one attached hydrogen (secondary N) is 1. The molecule has 2 aromatic heterocycles. The van der Waals surface area contributed by atoms with Crippen LogP contribution in [-0.4, -0.2) is 15.2 Å². The van der Waals surface area contributed by atoms with Gasteiger partial charge < -0.3 is 5.32 Å². The van der Waals surface area contributed by atoms with Crippen LogP contribution in [0.1, 0.15) is 31.9 Å². The topological polar surface area (TPSA) is 50.7 Å². The lowest BCUT2D eigenvalue weighted by atomic mass is 9.98. The molecule has 4 nitrogen and oxygen atoms in total. The molecule has 0 amide bonds. The quantitative estimate of drug-likeness (QED) is 0.713. The number of pyridine rings is 1. The Morgan fingerprint density at radius 1 is 0.917 bits per heavy atom. The van der Waals surface area contributed by atoms with E-state index in [0.717, 1.165) is 23.5 Å². The molecule has 1 N–H and O–H groups in total. The highest BCUT2D eigenvalue weighted by Gasteiger charge is 2.14. The van der Waals surface area contributed by atoms with Crippen molar-refractivity contribution in [3.05, 3.63) is 72.6 Å². The number of hydrogen-bond acceptors (Lipinski definition) is 4. The summed E-state index contributed by atoms with van der Waals surface area (Å²) >= 11 is 0. The third-order valence-electron chi connectivity index (χ3n) is 3.85. The molecule has 0 radical (unpaired) electrons. The fraction of sp³-hybridized carbons (Fsp3) is 0.250. The van der Waals surface area contributed by atoms with Crippen LogP contribution in [0, 0.1) is 5.92 Å². The van der Waals surface area contributed by atoms with Gasteiger partial charge in [0, 0.05) is 18.0 Å². The Balaban J connectivity index is 1.77. The second kappa shape index (κ2) is 7.68. The second-order valence-corrected chi connectivity index (χ2v) is 6.28. The van der Waals surface area contributed by atoms with Crippen LogP contribution in [0.3, 0.4) is 0 Å². The molecule has 0 aliphatic heterocycles. The first-order chi connectivity index (χ1) is 11.7. The van der Waals surface area contributed by atoms with Gasteiger partial charge in [-0.3, -0.25) is 4.98 Å². The molecule has 0 aliphatic carbocycles. The van der Waals surface area contributed by atoms with Gasteiger partial charge in [-0.15, -0.1) is 10.2 Å². The fourth-order valence-electron chi connectivity index (χ4n) is 2.68. The van der Waals surface area contributed by atoms with Crippen molar-refractivity contribution < 1.29 is 0 Å². The first-order valence-corrected chi connectivity index (χ1v) is 8.28. The lowest BCUT2D eigenvalue weighted by Crippen LogP contribution is -2.14. The van der Waals surface area contributed by atoms with Gasteiger partial charge in [-0.25, -0.2) is 0 Å². The molecule has 0 spiro atoms. The third-order valence-corrected chi connectivity index (χ3v) is 3.85. The minimum Gasteiger partial charge on any atom is -0.362 e. The van der Waals surface area contributed by atoms with Crippen LogP contribution >= 0.6 is 0 Å². The molecule has 0 bridgehead atoms. The molecule has 0 saturated carbocycles. The summed E-state index contributed by atoms with van der Waals surface area (Å²) in [6.07, 6.45) is 4.71. The summed E-state index contributed by atoms with van der Waals surface area (Å²) in [7, 11) is 0. The molecular formula is C20H22N4. The zero-order chi connectivity index (χ0) is 16.8. The van der Waals surface area contributed by atoms with E-state index in [0.29, 0.717) is 5.92 Å². The highest BCUT2D eigenvalue weighted by Crippen LogP contribution is 2.25. The Hall–Kier alpha value is -2.75. The van der Waals surface area contributed by atoms with Crippen LogP contribution in [0.5, 0.6) is 0 Å². The van der Waals surface area contributed by atoms with Crippen LogP contribution < -0.4 is 5.32 Å². The van der Waals surface area contributed by atoms with Crippen molar-refractivity contribution in [3.63, 3.8) is 0 Å². The van der Waals surface area contributed by atoms with E-state index in [1.165, 1.54) is 5.56 Å². The fourth-order valence-corrected chi connectivity index (χ4v) is 2.68. The van der Waals surface area contributed by atoms with Gasteiger partial charge in [0.25, 0.3) is 0 Å². The first kappa shape index (κ1) is 16.1. The Bertz CT molecular complexity index is 740. The van der Waals surface area contributed by atoms with Crippen molar-refractivity contribution in [3.8, 4) is 11.3 Å². The largest absolute Gasteiger partial charge is 0.362 e. The van der Waals surface area contributed by atoms with Crippen molar-refractivity contribution in [2.24, 2.45) is 5.92 Å². The van der Waals surface area contributed by atoms with Gasteiger partial charge in [0.1, 0.15) is 5.82 Å². The van der Waals surface area contributed by atoms with E-state index in [-0.39, 0.29) is 6.04 Å². The van der Waals surface area contributed by atoms with E-state index >= 15 is 0 Å². The normalized spacial score (nSPS) is 12.1. The summed E-state index contributed by atoms with van der Waals surface area (Å²) in [6, 6.07) is 18.3. The summed E-state index contributed by atoms with van der Waals surface area (Å²) in [6.45, 7) is 4.43. The van der Waals surface area contributed by atoms with Crippen molar-refractivity contribution in [1.82, 2.24) is 15.2 Å². The van der Waals surface area contributed by atoms with Gasteiger partial charge in [-0.1, -0.05) is 50.2 Å². The van der Waals surface area contributed by atoms with E-state index in [9.17, 15) is 0 Å². The maximum Gasteiger partial charge on any atom is 0.149 e. The minimum atomic E-state index is 0.176. The van der Waals surface area contributed by atoms with Gasteiger partial charge in [-0.05, 0) is 36.1 Å². The number of rotatable bonds is 6. The second-order valence-electron chi connectivity index (χ2n) is 6.28. The molecule has 1 atom stereocenters. The summed E-state index contributed by atoms with van der Waals surface area (Å²) in [5.74, 6) is 1.35. The molecule has 24 heavy (non-hydrogen) atoms. The number of hydrogen-bond donors (Lipinski definition) is 1. The highest BCUT2D eigenvalue weighted by atomic mass is 15.2. The van der Waals surface area contributed by atoms with Crippen molar-refractivity contribution in [1.29, 1.82) is 0 Å². The van der Waals surface area contributed by atoms with Gasteiger partial charge in [0.2, 0.25) is 0 Å². The van der Waals surface area contributed by atoms with Gasteiger partial charge in [0.05, 0.1) is 11.7 Å². The molecule has 4 heteroatoms.